The molecule has 2 rings (SSSR count). The summed E-state index contributed by atoms with van der Waals surface area (Å²) in [6, 6.07) is 11.7. The third-order valence-electron chi connectivity index (χ3n) is 4.09. The SMILES string of the molecule is Cc1ccc(NC(=O)CSC(C)C(=O)Nc2c(C)cc(C)cc2C)cc1. The maximum absolute atomic E-state index is 12.4. The topological polar surface area (TPSA) is 58.2 Å². The molecule has 26 heavy (non-hydrogen) atoms. The molecule has 4 nitrogen and oxygen atoms in total. The van der Waals surface area contributed by atoms with Gasteiger partial charge in [-0.15, -0.1) is 11.8 Å². The highest BCUT2D eigenvalue weighted by atomic mass is 32.2. The Morgan fingerprint density at radius 2 is 1.50 bits per heavy atom. The van der Waals surface area contributed by atoms with E-state index >= 15 is 0 Å². The van der Waals surface area contributed by atoms with Gasteiger partial charge in [-0.1, -0.05) is 35.4 Å². The number of aryl methyl sites for hydroxylation is 4. The highest BCUT2D eigenvalue weighted by molar-refractivity contribution is 8.01. The molecule has 0 fully saturated rings. The molecule has 0 radical (unpaired) electrons. The van der Waals surface area contributed by atoms with Crippen molar-refractivity contribution < 1.29 is 9.59 Å². The fourth-order valence-corrected chi connectivity index (χ4v) is 3.40. The lowest BCUT2D eigenvalue weighted by molar-refractivity contribution is -0.115. The Bertz CT molecular complexity index is 777. The van der Waals surface area contributed by atoms with E-state index in [4.69, 9.17) is 0 Å². The summed E-state index contributed by atoms with van der Waals surface area (Å²) >= 11 is 1.33. The number of carbonyl (C=O) groups excluding carboxylic acids is 2. The summed E-state index contributed by atoms with van der Waals surface area (Å²) in [5, 5.41) is 5.52. The smallest absolute Gasteiger partial charge is 0.237 e. The van der Waals surface area contributed by atoms with Crippen molar-refractivity contribution in [3.05, 3.63) is 58.7 Å². The fraction of sp³-hybridized carbons (Fsp3) is 0.333. The minimum absolute atomic E-state index is 0.0896. The predicted octanol–water partition coefficient (Wildman–Crippen LogP) is 4.62. The van der Waals surface area contributed by atoms with Crippen LogP contribution < -0.4 is 10.6 Å². The number of amides is 2. The summed E-state index contributed by atoms with van der Waals surface area (Å²) < 4.78 is 0. The average molecular weight is 371 g/mol. The monoisotopic (exact) mass is 370 g/mol. The molecule has 0 bridgehead atoms. The molecule has 2 N–H and O–H groups in total. The van der Waals surface area contributed by atoms with E-state index in [1.54, 1.807) is 0 Å². The van der Waals surface area contributed by atoms with Crippen LogP contribution in [0.5, 0.6) is 0 Å². The van der Waals surface area contributed by atoms with Gasteiger partial charge in [0.1, 0.15) is 0 Å². The lowest BCUT2D eigenvalue weighted by Gasteiger charge is -2.16. The standard InChI is InChI=1S/C21H26N2O2S/c1-13-6-8-18(9-7-13)22-19(24)12-26-17(5)21(25)23-20-15(3)10-14(2)11-16(20)4/h6-11,17H,12H2,1-5H3,(H,22,24)(H,23,25). The second-order valence-corrected chi connectivity index (χ2v) is 7.96. The van der Waals surface area contributed by atoms with Gasteiger partial charge in [-0.25, -0.2) is 0 Å². The van der Waals surface area contributed by atoms with Crippen molar-refractivity contribution in [1.82, 2.24) is 0 Å². The zero-order valence-electron chi connectivity index (χ0n) is 16.0. The first-order valence-corrected chi connectivity index (χ1v) is 9.68. The van der Waals surface area contributed by atoms with Gasteiger partial charge in [0.2, 0.25) is 11.8 Å². The zero-order chi connectivity index (χ0) is 19.3. The van der Waals surface area contributed by atoms with Crippen molar-refractivity contribution in [3.8, 4) is 0 Å². The van der Waals surface area contributed by atoms with Crippen LogP contribution >= 0.6 is 11.8 Å². The van der Waals surface area contributed by atoms with Crippen LogP contribution in [0.15, 0.2) is 36.4 Å². The fourth-order valence-electron chi connectivity index (χ4n) is 2.71. The Morgan fingerprint density at radius 1 is 0.923 bits per heavy atom. The molecule has 0 heterocycles. The number of hydrogen-bond acceptors (Lipinski definition) is 3. The maximum atomic E-state index is 12.4. The van der Waals surface area contributed by atoms with Crippen molar-refractivity contribution >= 4 is 35.0 Å². The second kappa shape index (κ2) is 8.90. The highest BCUT2D eigenvalue weighted by Gasteiger charge is 2.17. The molecule has 2 aromatic carbocycles. The summed E-state index contributed by atoms with van der Waals surface area (Å²) in [5.74, 6) is 0.0308. The summed E-state index contributed by atoms with van der Waals surface area (Å²) in [5.41, 5.74) is 6.04. The second-order valence-electron chi connectivity index (χ2n) is 6.63. The van der Waals surface area contributed by atoms with Crippen molar-refractivity contribution in [3.63, 3.8) is 0 Å². The van der Waals surface area contributed by atoms with Crippen LogP contribution in [-0.2, 0) is 9.59 Å². The first kappa shape index (κ1) is 20.0. The summed E-state index contributed by atoms with van der Waals surface area (Å²) in [7, 11) is 0. The number of carbonyl (C=O) groups is 2. The Labute approximate surface area is 159 Å². The average Bonchev–Trinajstić information content (AvgIpc) is 2.57. The number of thioether (sulfide) groups is 1. The molecule has 0 saturated heterocycles. The summed E-state index contributed by atoms with van der Waals surface area (Å²) in [6.45, 7) is 9.83. The number of hydrogen-bond donors (Lipinski definition) is 2. The Hall–Kier alpha value is -2.27. The molecule has 0 aliphatic heterocycles. The van der Waals surface area contributed by atoms with Gasteiger partial charge in [0.05, 0.1) is 11.0 Å². The molecule has 138 valence electrons. The van der Waals surface area contributed by atoms with Gasteiger partial charge < -0.3 is 10.6 Å². The van der Waals surface area contributed by atoms with Crippen LogP contribution in [-0.4, -0.2) is 22.8 Å². The number of anilines is 2. The van der Waals surface area contributed by atoms with E-state index in [1.165, 1.54) is 17.3 Å². The van der Waals surface area contributed by atoms with E-state index in [1.807, 2.05) is 58.9 Å². The van der Waals surface area contributed by atoms with Crippen molar-refractivity contribution in [2.24, 2.45) is 0 Å². The van der Waals surface area contributed by atoms with E-state index < -0.39 is 0 Å². The zero-order valence-corrected chi connectivity index (χ0v) is 16.8. The van der Waals surface area contributed by atoms with Crippen LogP contribution in [0.25, 0.3) is 0 Å². The van der Waals surface area contributed by atoms with Gasteiger partial charge in [-0.2, -0.15) is 0 Å². The Kier molecular flexibility index (Phi) is 6.86. The van der Waals surface area contributed by atoms with Crippen LogP contribution in [0, 0.1) is 27.7 Å². The maximum Gasteiger partial charge on any atom is 0.237 e. The molecule has 1 atom stereocenters. The van der Waals surface area contributed by atoms with Crippen LogP contribution in [0.1, 0.15) is 29.2 Å². The summed E-state index contributed by atoms with van der Waals surface area (Å²) in [4.78, 5) is 24.5. The first-order chi connectivity index (χ1) is 12.3. The van der Waals surface area contributed by atoms with Crippen LogP contribution in [0.3, 0.4) is 0 Å². The molecule has 2 aromatic rings. The van der Waals surface area contributed by atoms with Gasteiger partial charge in [-0.05, 0) is 57.9 Å². The minimum Gasteiger partial charge on any atom is -0.325 e. The molecule has 0 spiro atoms. The van der Waals surface area contributed by atoms with E-state index in [-0.39, 0.29) is 22.8 Å². The third kappa shape index (κ3) is 5.63. The molecular formula is C21H26N2O2S. The van der Waals surface area contributed by atoms with Gasteiger partial charge >= 0.3 is 0 Å². The van der Waals surface area contributed by atoms with Gasteiger partial charge in [0.15, 0.2) is 0 Å². The largest absolute Gasteiger partial charge is 0.325 e. The minimum atomic E-state index is -0.320. The van der Waals surface area contributed by atoms with Crippen LogP contribution in [0.2, 0.25) is 0 Å². The molecule has 0 aliphatic rings. The van der Waals surface area contributed by atoms with Gasteiger partial charge in [0, 0.05) is 11.4 Å². The lowest BCUT2D eigenvalue weighted by Crippen LogP contribution is -2.25. The van der Waals surface area contributed by atoms with Crippen molar-refractivity contribution in [2.45, 2.75) is 39.9 Å². The molecule has 2 amide bonds. The van der Waals surface area contributed by atoms with E-state index in [0.29, 0.717) is 0 Å². The quantitative estimate of drug-likeness (QED) is 0.780. The third-order valence-corrected chi connectivity index (χ3v) is 5.24. The first-order valence-electron chi connectivity index (χ1n) is 8.63. The van der Waals surface area contributed by atoms with E-state index in [0.717, 1.165) is 28.1 Å². The molecule has 5 heteroatoms. The van der Waals surface area contributed by atoms with Gasteiger partial charge in [-0.3, -0.25) is 9.59 Å². The number of rotatable bonds is 6. The normalized spacial score (nSPS) is 11.7. The molecule has 0 aliphatic carbocycles. The number of nitrogens with one attached hydrogen (secondary N) is 2. The number of benzene rings is 2. The van der Waals surface area contributed by atoms with E-state index in [9.17, 15) is 9.59 Å². The van der Waals surface area contributed by atoms with E-state index in [2.05, 4.69) is 22.8 Å². The highest BCUT2D eigenvalue weighted by Crippen LogP contribution is 2.23. The molecule has 1 unspecified atom stereocenters. The Balaban J connectivity index is 1.87. The molecular weight excluding hydrogens is 344 g/mol. The van der Waals surface area contributed by atoms with Crippen molar-refractivity contribution in [2.75, 3.05) is 16.4 Å². The lowest BCUT2D eigenvalue weighted by atomic mass is 10.1. The van der Waals surface area contributed by atoms with Crippen molar-refractivity contribution in [1.29, 1.82) is 0 Å². The van der Waals surface area contributed by atoms with Crippen LogP contribution in [0.4, 0.5) is 11.4 Å². The molecule has 0 saturated carbocycles. The molecule has 0 aromatic heterocycles. The predicted molar refractivity (Wildman–Crippen MR) is 111 cm³/mol. The summed E-state index contributed by atoms with van der Waals surface area (Å²) in [6.07, 6.45) is 0. The van der Waals surface area contributed by atoms with Gasteiger partial charge in [0.25, 0.3) is 0 Å². The Morgan fingerprint density at radius 3 is 2.08 bits per heavy atom.